The predicted molar refractivity (Wildman–Crippen MR) is 103 cm³/mol. The SMILES string of the molecule is CC1(c2ccccc2)NC(=O)N(CCS(=O)(=O)c2cc(Cl)ccc2Cl)C1=O. The fraction of sp³-hybridized carbons (Fsp3) is 0.222. The molecule has 6 nitrogen and oxygen atoms in total. The lowest BCUT2D eigenvalue weighted by atomic mass is 9.92. The highest BCUT2D eigenvalue weighted by Crippen LogP contribution is 2.30. The maximum Gasteiger partial charge on any atom is 0.325 e. The molecule has 3 amide bonds. The summed E-state index contributed by atoms with van der Waals surface area (Å²) < 4.78 is 25.2. The molecule has 2 aromatic rings. The van der Waals surface area contributed by atoms with Gasteiger partial charge in [-0.3, -0.25) is 9.69 Å². The monoisotopic (exact) mass is 426 g/mol. The van der Waals surface area contributed by atoms with E-state index in [0.717, 1.165) is 4.90 Å². The van der Waals surface area contributed by atoms with Crippen LogP contribution in [-0.2, 0) is 20.2 Å². The van der Waals surface area contributed by atoms with E-state index in [9.17, 15) is 18.0 Å². The van der Waals surface area contributed by atoms with Crippen LogP contribution in [0.2, 0.25) is 10.0 Å². The second-order valence-electron chi connectivity index (χ2n) is 6.27. The molecule has 1 fully saturated rings. The molecule has 142 valence electrons. The zero-order chi connectivity index (χ0) is 19.8. The van der Waals surface area contributed by atoms with Gasteiger partial charge in [-0.15, -0.1) is 0 Å². The number of nitrogens with one attached hydrogen (secondary N) is 1. The summed E-state index contributed by atoms with van der Waals surface area (Å²) in [5.74, 6) is -0.969. The predicted octanol–water partition coefficient (Wildman–Crippen LogP) is 3.23. The number of hydrogen-bond donors (Lipinski definition) is 1. The Morgan fingerprint density at radius 3 is 2.41 bits per heavy atom. The van der Waals surface area contributed by atoms with Crippen molar-refractivity contribution in [2.45, 2.75) is 17.4 Å². The highest BCUT2D eigenvalue weighted by molar-refractivity contribution is 7.91. The first-order chi connectivity index (χ1) is 12.6. The van der Waals surface area contributed by atoms with Gasteiger partial charge in [-0.1, -0.05) is 53.5 Å². The van der Waals surface area contributed by atoms with E-state index in [1.54, 1.807) is 37.3 Å². The van der Waals surface area contributed by atoms with E-state index in [0.29, 0.717) is 5.56 Å². The highest BCUT2D eigenvalue weighted by atomic mass is 35.5. The van der Waals surface area contributed by atoms with Crippen molar-refractivity contribution in [3.63, 3.8) is 0 Å². The molecule has 0 bridgehead atoms. The molecular formula is C18H16Cl2N2O4S. The van der Waals surface area contributed by atoms with Gasteiger partial charge in [0.15, 0.2) is 9.84 Å². The number of amides is 3. The van der Waals surface area contributed by atoms with Gasteiger partial charge >= 0.3 is 6.03 Å². The second-order valence-corrected chi connectivity index (χ2v) is 9.19. The van der Waals surface area contributed by atoms with E-state index >= 15 is 0 Å². The molecular weight excluding hydrogens is 411 g/mol. The lowest BCUT2D eigenvalue weighted by Crippen LogP contribution is -2.41. The summed E-state index contributed by atoms with van der Waals surface area (Å²) >= 11 is 11.8. The second kappa shape index (κ2) is 7.14. The Bertz CT molecular complexity index is 1010. The number of nitrogens with zero attached hydrogens (tertiary/aromatic N) is 1. The van der Waals surface area contributed by atoms with Gasteiger partial charge in [0.1, 0.15) is 5.54 Å². The van der Waals surface area contributed by atoms with Gasteiger partial charge in [0, 0.05) is 11.6 Å². The van der Waals surface area contributed by atoms with Crippen molar-refractivity contribution in [2.75, 3.05) is 12.3 Å². The van der Waals surface area contributed by atoms with Crippen molar-refractivity contribution in [3.05, 3.63) is 64.1 Å². The van der Waals surface area contributed by atoms with E-state index in [2.05, 4.69) is 5.32 Å². The van der Waals surface area contributed by atoms with Gasteiger partial charge in [-0.05, 0) is 30.7 Å². The number of halogens is 2. The van der Waals surface area contributed by atoms with E-state index < -0.39 is 33.1 Å². The lowest BCUT2D eigenvalue weighted by molar-refractivity contribution is -0.130. The molecule has 0 radical (unpaired) electrons. The molecule has 0 spiro atoms. The van der Waals surface area contributed by atoms with Crippen LogP contribution in [0.15, 0.2) is 53.4 Å². The molecule has 1 atom stereocenters. The molecule has 1 aliphatic rings. The van der Waals surface area contributed by atoms with E-state index in [4.69, 9.17) is 23.2 Å². The number of sulfone groups is 1. The van der Waals surface area contributed by atoms with Gasteiger partial charge in [-0.2, -0.15) is 0 Å². The largest absolute Gasteiger partial charge is 0.325 e. The molecule has 0 aromatic heterocycles. The van der Waals surface area contributed by atoms with Crippen LogP contribution in [0.25, 0.3) is 0 Å². The summed E-state index contributed by atoms with van der Waals surface area (Å²) in [5, 5.41) is 2.90. The topological polar surface area (TPSA) is 83.6 Å². The third kappa shape index (κ3) is 3.67. The minimum absolute atomic E-state index is 0.0331. The summed E-state index contributed by atoms with van der Waals surface area (Å²) in [6.45, 7) is 1.29. The lowest BCUT2D eigenvalue weighted by Gasteiger charge is -2.22. The molecule has 1 aliphatic heterocycles. The molecule has 0 aliphatic carbocycles. The summed E-state index contributed by atoms with van der Waals surface area (Å²) in [5.41, 5.74) is -0.623. The van der Waals surface area contributed by atoms with Gasteiger partial charge in [0.05, 0.1) is 15.7 Å². The third-order valence-electron chi connectivity index (χ3n) is 4.44. The number of rotatable bonds is 5. The van der Waals surface area contributed by atoms with E-state index in [1.165, 1.54) is 18.2 Å². The Morgan fingerprint density at radius 2 is 1.74 bits per heavy atom. The molecule has 1 heterocycles. The van der Waals surface area contributed by atoms with Crippen molar-refractivity contribution >= 4 is 45.0 Å². The van der Waals surface area contributed by atoms with Crippen LogP contribution in [0.4, 0.5) is 4.79 Å². The van der Waals surface area contributed by atoms with Gasteiger partial charge in [0.2, 0.25) is 0 Å². The Balaban J connectivity index is 1.81. The van der Waals surface area contributed by atoms with Crippen LogP contribution < -0.4 is 5.32 Å². The minimum atomic E-state index is -3.84. The maximum atomic E-state index is 12.8. The highest BCUT2D eigenvalue weighted by Gasteiger charge is 2.49. The Kier molecular flexibility index (Phi) is 5.20. The molecule has 3 rings (SSSR count). The Hall–Kier alpha value is -2.09. The van der Waals surface area contributed by atoms with Crippen molar-refractivity contribution in [3.8, 4) is 0 Å². The normalized spacial score (nSPS) is 20.0. The van der Waals surface area contributed by atoms with Crippen molar-refractivity contribution in [1.29, 1.82) is 0 Å². The minimum Gasteiger partial charge on any atom is -0.319 e. The van der Waals surface area contributed by atoms with Crippen molar-refractivity contribution in [1.82, 2.24) is 10.2 Å². The van der Waals surface area contributed by atoms with Crippen LogP contribution in [0, 0.1) is 0 Å². The van der Waals surface area contributed by atoms with Crippen LogP contribution in [0.3, 0.4) is 0 Å². The number of carbonyl (C=O) groups is 2. The molecule has 27 heavy (non-hydrogen) atoms. The summed E-state index contributed by atoms with van der Waals surface area (Å²) in [6.07, 6.45) is 0. The van der Waals surface area contributed by atoms with Gasteiger partial charge in [-0.25, -0.2) is 13.2 Å². The van der Waals surface area contributed by atoms with Gasteiger partial charge in [0.25, 0.3) is 5.91 Å². The maximum absolute atomic E-state index is 12.8. The average molecular weight is 427 g/mol. The fourth-order valence-corrected chi connectivity index (χ4v) is 4.93. The first-order valence-corrected chi connectivity index (χ1v) is 10.4. The molecule has 9 heteroatoms. The zero-order valence-corrected chi connectivity index (χ0v) is 16.6. The molecule has 1 saturated heterocycles. The Morgan fingerprint density at radius 1 is 1.07 bits per heavy atom. The smallest absolute Gasteiger partial charge is 0.319 e. The summed E-state index contributed by atoms with van der Waals surface area (Å²) in [6, 6.07) is 12.2. The Labute approximate surface area is 167 Å². The fourth-order valence-electron chi connectivity index (χ4n) is 2.90. The molecule has 0 saturated carbocycles. The quantitative estimate of drug-likeness (QED) is 0.743. The molecule has 1 unspecified atom stereocenters. The zero-order valence-electron chi connectivity index (χ0n) is 14.3. The number of benzene rings is 2. The average Bonchev–Trinajstić information content (AvgIpc) is 2.86. The van der Waals surface area contributed by atoms with E-state index in [1.807, 2.05) is 0 Å². The van der Waals surface area contributed by atoms with E-state index in [-0.39, 0.29) is 21.5 Å². The molecule has 2 aromatic carbocycles. The first kappa shape index (κ1) is 19.7. The third-order valence-corrected chi connectivity index (χ3v) is 6.84. The molecule has 1 N–H and O–H groups in total. The number of urea groups is 1. The number of carbonyl (C=O) groups excluding carboxylic acids is 2. The summed E-state index contributed by atoms with van der Waals surface area (Å²) in [7, 11) is -3.84. The van der Waals surface area contributed by atoms with Crippen LogP contribution in [0.1, 0.15) is 12.5 Å². The van der Waals surface area contributed by atoms with Crippen molar-refractivity contribution in [2.24, 2.45) is 0 Å². The van der Waals surface area contributed by atoms with Crippen LogP contribution >= 0.6 is 23.2 Å². The van der Waals surface area contributed by atoms with Crippen LogP contribution in [0.5, 0.6) is 0 Å². The van der Waals surface area contributed by atoms with Crippen LogP contribution in [-0.4, -0.2) is 37.6 Å². The van der Waals surface area contributed by atoms with Crippen molar-refractivity contribution < 1.29 is 18.0 Å². The number of hydrogen-bond acceptors (Lipinski definition) is 4. The number of imide groups is 1. The summed E-state index contributed by atoms with van der Waals surface area (Å²) in [4.78, 5) is 25.9. The standard InChI is InChI=1S/C18H16Cl2N2O4S/c1-18(12-5-3-2-4-6-12)16(23)22(17(24)21-18)9-10-27(25,26)15-11-13(19)7-8-14(15)20/h2-8,11H,9-10H2,1H3,(H,21,24). The van der Waals surface area contributed by atoms with Gasteiger partial charge < -0.3 is 5.32 Å². The first-order valence-electron chi connectivity index (χ1n) is 8.02.